The van der Waals surface area contributed by atoms with Crippen LogP contribution in [0.1, 0.15) is 24.1 Å². The van der Waals surface area contributed by atoms with E-state index >= 15 is 0 Å². The standard InChI is InChI=1S/C15H22N2O2/c1-2-19-14-5-3-4-12-10-16-11-13(15(12)14)17-6-8-18-9-7-17/h3-5,13,16H,2,6-11H2,1H3/t13-/m1/s1. The summed E-state index contributed by atoms with van der Waals surface area (Å²) in [7, 11) is 0. The zero-order valence-electron chi connectivity index (χ0n) is 11.5. The molecule has 0 aliphatic carbocycles. The maximum absolute atomic E-state index is 5.84. The van der Waals surface area contributed by atoms with Crippen molar-refractivity contribution >= 4 is 0 Å². The first-order chi connectivity index (χ1) is 9.40. The molecule has 1 saturated heterocycles. The Hall–Kier alpha value is -1.10. The van der Waals surface area contributed by atoms with E-state index in [1.54, 1.807) is 0 Å². The predicted molar refractivity (Wildman–Crippen MR) is 74.5 cm³/mol. The molecule has 2 heterocycles. The molecule has 1 aromatic rings. The lowest BCUT2D eigenvalue weighted by Crippen LogP contribution is -2.45. The van der Waals surface area contributed by atoms with Gasteiger partial charge in [-0.05, 0) is 18.6 Å². The van der Waals surface area contributed by atoms with E-state index in [2.05, 4.69) is 28.4 Å². The van der Waals surface area contributed by atoms with Crippen LogP contribution in [0.5, 0.6) is 5.75 Å². The third-order valence-electron chi connectivity index (χ3n) is 3.93. The molecule has 1 N–H and O–H groups in total. The summed E-state index contributed by atoms with van der Waals surface area (Å²) in [6, 6.07) is 6.81. The molecule has 0 unspecified atom stereocenters. The molecule has 19 heavy (non-hydrogen) atoms. The van der Waals surface area contributed by atoms with Gasteiger partial charge in [-0.3, -0.25) is 4.90 Å². The Morgan fingerprint density at radius 3 is 3.00 bits per heavy atom. The van der Waals surface area contributed by atoms with Crippen molar-refractivity contribution < 1.29 is 9.47 Å². The highest BCUT2D eigenvalue weighted by Gasteiger charge is 2.29. The average Bonchev–Trinajstić information content (AvgIpc) is 2.48. The van der Waals surface area contributed by atoms with Crippen LogP contribution in [0.15, 0.2) is 18.2 Å². The van der Waals surface area contributed by atoms with Gasteiger partial charge < -0.3 is 14.8 Å². The highest BCUT2D eigenvalue weighted by atomic mass is 16.5. The lowest BCUT2D eigenvalue weighted by atomic mass is 9.94. The molecule has 1 fully saturated rings. The van der Waals surface area contributed by atoms with Crippen LogP contribution in [0.25, 0.3) is 0 Å². The monoisotopic (exact) mass is 262 g/mol. The zero-order chi connectivity index (χ0) is 13.1. The van der Waals surface area contributed by atoms with Gasteiger partial charge in [-0.15, -0.1) is 0 Å². The van der Waals surface area contributed by atoms with Crippen LogP contribution < -0.4 is 10.1 Å². The SMILES string of the molecule is CCOc1cccc2c1[C@H](N1CCOCC1)CNC2. The first-order valence-electron chi connectivity index (χ1n) is 7.17. The maximum atomic E-state index is 5.84. The molecule has 2 aliphatic heterocycles. The second-order valence-corrected chi connectivity index (χ2v) is 5.06. The van der Waals surface area contributed by atoms with E-state index in [1.807, 2.05) is 6.92 Å². The molecule has 3 rings (SSSR count). The minimum atomic E-state index is 0.412. The van der Waals surface area contributed by atoms with E-state index in [1.165, 1.54) is 11.1 Å². The molecule has 0 saturated carbocycles. The van der Waals surface area contributed by atoms with E-state index in [0.717, 1.165) is 51.7 Å². The summed E-state index contributed by atoms with van der Waals surface area (Å²) in [4.78, 5) is 2.51. The van der Waals surface area contributed by atoms with Crippen molar-refractivity contribution in [3.8, 4) is 5.75 Å². The van der Waals surface area contributed by atoms with E-state index in [-0.39, 0.29) is 0 Å². The quantitative estimate of drug-likeness (QED) is 0.896. The number of ether oxygens (including phenoxy) is 2. The van der Waals surface area contributed by atoms with E-state index in [4.69, 9.17) is 9.47 Å². The lowest BCUT2D eigenvalue weighted by Gasteiger charge is -2.38. The molecule has 4 nitrogen and oxygen atoms in total. The summed E-state index contributed by atoms with van der Waals surface area (Å²) in [6.07, 6.45) is 0. The largest absolute Gasteiger partial charge is 0.494 e. The summed E-state index contributed by atoms with van der Waals surface area (Å²) in [5, 5.41) is 3.52. The molecule has 0 aromatic heterocycles. The molecule has 1 aromatic carbocycles. The fraction of sp³-hybridized carbons (Fsp3) is 0.600. The lowest BCUT2D eigenvalue weighted by molar-refractivity contribution is 0.0140. The van der Waals surface area contributed by atoms with Crippen molar-refractivity contribution in [3.63, 3.8) is 0 Å². The Kier molecular flexibility index (Phi) is 4.01. The second kappa shape index (κ2) is 5.90. The first-order valence-corrected chi connectivity index (χ1v) is 7.17. The smallest absolute Gasteiger partial charge is 0.124 e. The Bertz CT molecular complexity index is 430. The summed E-state index contributed by atoms with van der Waals surface area (Å²) in [5.74, 6) is 1.05. The van der Waals surface area contributed by atoms with Crippen molar-refractivity contribution in [2.24, 2.45) is 0 Å². The molecule has 4 heteroatoms. The van der Waals surface area contributed by atoms with E-state index in [0.29, 0.717) is 6.04 Å². The number of hydrogen-bond donors (Lipinski definition) is 1. The Balaban J connectivity index is 1.92. The molecule has 0 bridgehead atoms. The molecule has 1 atom stereocenters. The number of benzene rings is 1. The van der Waals surface area contributed by atoms with Crippen LogP contribution >= 0.6 is 0 Å². The number of hydrogen-bond acceptors (Lipinski definition) is 4. The zero-order valence-corrected chi connectivity index (χ0v) is 11.5. The van der Waals surface area contributed by atoms with Gasteiger partial charge in [0.1, 0.15) is 5.75 Å². The average molecular weight is 262 g/mol. The maximum Gasteiger partial charge on any atom is 0.124 e. The molecule has 2 aliphatic rings. The van der Waals surface area contributed by atoms with Gasteiger partial charge in [0.15, 0.2) is 0 Å². The van der Waals surface area contributed by atoms with Crippen molar-refractivity contribution in [1.82, 2.24) is 10.2 Å². The summed E-state index contributed by atoms with van der Waals surface area (Å²) < 4.78 is 11.3. The summed E-state index contributed by atoms with van der Waals surface area (Å²) >= 11 is 0. The number of rotatable bonds is 3. The summed E-state index contributed by atoms with van der Waals surface area (Å²) in [5.41, 5.74) is 2.75. The van der Waals surface area contributed by atoms with E-state index < -0.39 is 0 Å². The van der Waals surface area contributed by atoms with Gasteiger partial charge in [0, 0.05) is 31.7 Å². The van der Waals surface area contributed by atoms with Crippen LogP contribution in [-0.2, 0) is 11.3 Å². The molecular formula is C15H22N2O2. The second-order valence-electron chi connectivity index (χ2n) is 5.06. The van der Waals surface area contributed by atoms with Gasteiger partial charge in [0.05, 0.1) is 25.9 Å². The van der Waals surface area contributed by atoms with Crippen LogP contribution in [0.2, 0.25) is 0 Å². The first kappa shape index (κ1) is 12.9. The van der Waals surface area contributed by atoms with Crippen LogP contribution in [-0.4, -0.2) is 44.4 Å². The minimum Gasteiger partial charge on any atom is -0.494 e. The normalized spacial score (nSPS) is 23.9. The van der Waals surface area contributed by atoms with Crippen LogP contribution in [0.4, 0.5) is 0 Å². The molecular weight excluding hydrogens is 240 g/mol. The molecule has 0 spiro atoms. The fourth-order valence-corrected chi connectivity index (χ4v) is 3.05. The van der Waals surface area contributed by atoms with Crippen LogP contribution in [0, 0.1) is 0 Å². The van der Waals surface area contributed by atoms with Crippen LogP contribution in [0.3, 0.4) is 0 Å². The number of fused-ring (bicyclic) bond motifs is 1. The fourth-order valence-electron chi connectivity index (χ4n) is 3.05. The van der Waals surface area contributed by atoms with Crippen molar-refractivity contribution in [2.75, 3.05) is 39.5 Å². The molecule has 104 valence electrons. The van der Waals surface area contributed by atoms with Crippen molar-refractivity contribution in [1.29, 1.82) is 0 Å². The molecule has 0 radical (unpaired) electrons. The third-order valence-corrected chi connectivity index (χ3v) is 3.93. The minimum absolute atomic E-state index is 0.412. The molecule has 0 amide bonds. The van der Waals surface area contributed by atoms with Gasteiger partial charge in [0.2, 0.25) is 0 Å². The Morgan fingerprint density at radius 1 is 1.37 bits per heavy atom. The Morgan fingerprint density at radius 2 is 2.21 bits per heavy atom. The van der Waals surface area contributed by atoms with Gasteiger partial charge in [-0.1, -0.05) is 12.1 Å². The highest BCUT2D eigenvalue weighted by molar-refractivity contribution is 5.44. The van der Waals surface area contributed by atoms with Crippen molar-refractivity contribution in [2.45, 2.75) is 19.5 Å². The predicted octanol–water partition coefficient (Wildman–Crippen LogP) is 1.56. The van der Waals surface area contributed by atoms with Gasteiger partial charge >= 0.3 is 0 Å². The third kappa shape index (κ3) is 2.61. The number of nitrogens with zero attached hydrogens (tertiary/aromatic N) is 1. The Labute approximate surface area is 114 Å². The highest BCUT2D eigenvalue weighted by Crippen LogP contribution is 2.35. The van der Waals surface area contributed by atoms with Gasteiger partial charge in [-0.2, -0.15) is 0 Å². The number of morpholine rings is 1. The van der Waals surface area contributed by atoms with Crippen molar-refractivity contribution in [3.05, 3.63) is 29.3 Å². The van der Waals surface area contributed by atoms with Gasteiger partial charge in [0.25, 0.3) is 0 Å². The number of nitrogens with one attached hydrogen (secondary N) is 1. The van der Waals surface area contributed by atoms with Gasteiger partial charge in [-0.25, -0.2) is 0 Å². The topological polar surface area (TPSA) is 33.7 Å². The summed E-state index contributed by atoms with van der Waals surface area (Å²) in [6.45, 7) is 8.39. The van der Waals surface area contributed by atoms with E-state index in [9.17, 15) is 0 Å².